The molecule has 18 heavy (non-hydrogen) atoms. The largest absolute Gasteiger partial charge is 0.305 e. The fourth-order valence-corrected chi connectivity index (χ4v) is 5.25. The van der Waals surface area contributed by atoms with E-state index in [1.807, 2.05) is 23.5 Å². The van der Waals surface area contributed by atoms with Crippen molar-refractivity contribution in [2.45, 2.75) is 47.9 Å². The van der Waals surface area contributed by atoms with Gasteiger partial charge in [0.1, 0.15) is 0 Å². The van der Waals surface area contributed by atoms with Crippen LogP contribution in [0.5, 0.6) is 0 Å². The predicted octanol–water partition coefficient (Wildman–Crippen LogP) is 4.10. The van der Waals surface area contributed by atoms with Gasteiger partial charge in [0.25, 0.3) is 0 Å². The van der Waals surface area contributed by atoms with Crippen molar-refractivity contribution in [3.8, 4) is 0 Å². The molecule has 1 aromatic rings. The third-order valence-corrected chi connectivity index (χ3v) is 6.47. The molecule has 1 aliphatic carbocycles. The van der Waals surface area contributed by atoms with Gasteiger partial charge in [-0.3, -0.25) is 0 Å². The van der Waals surface area contributed by atoms with Gasteiger partial charge in [-0.25, -0.2) is 0 Å². The monoisotopic (exact) mass is 279 g/mol. The Balaban J connectivity index is 1.70. The Morgan fingerprint density at radius 3 is 2.94 bits per heavy atom. The quantitative estimate of drug-likeness (QED) is 0.895. The number of rotatable bonds is 3. The van der Waals surface area contributed by atoms with Gasteiger partial charge in [-0.2, -0.15) is 11.8 Å². The zero-order valence-electron chi connectivity index (χ0n) is 10.9. The smallest absolute Gasteiger partial charge is 0.0429 e. The fourth-order valence-electron chi connectivity index (χ4n) is 3.13. The lowest BCUT2D eigenvalue weighted by Gasteiger charge is -2.33. The van der Waals surface area contributed by atoms with Crippen molar-refractivity contribution in [2.75, 3.05) is 12.0 Å². The van der Waals surface area contributed by atoms with Crippen LogP contribution in [0.15, 0.2) is 29.2 Å². The van der Waals surface area contributed by atoms with Crippen LogP contribution in [-0.2, 0) is 0 Å². The van der Waals surface area contributed by atoms with Gasteiger partial charge in [0, 0.05) is 28.0 Å². The highest BCUT2D eigenvalue weighted by Crippen LogP contribution is 2.39. The topological polar surface area (TPSA) is 12.0 Å². The van der Waals surface area contributed by atoms with Gasteiger partial charge in [-0.05, 0) is 30.7 Å². The molecule has 1 fully saturated rings. The SMILES string of the molecule is CSC1CCCCC1NC1CSc2ccccc21. The van der Waals surface area contributed by atoms with Crippen molar-refractivity contribution in [2.24, 2.45) is 0 Å². The molecule has 3 heteroatoms. The summed E-state index contributed by atoms with van der Waals surface area (Å²) >= 11 is 4.05. The van der Waals surface area contributed by atoms with E-state index < -0.39 is 0 Å². The molecular weight excluding hydrogens is 258 g/mol. The summed E-state index contributed by atoms with van der Waals surface area (Å²) in [4.78, 5) is 1.48. The van der Waals surface area contributed by atoms with E-state index in [0.29, 0.717) is 12.1 Å². The Kier molecular flexibility index (Phi) is 4.22. The fraction of sp³-hybridized carbons (Fsp3) is 0.600. The van der Waals surface area contributed by atoms with Crippen LogP contribution in [0.4, 0.5) is 0 Å². The summed E-state index contributed by atoms with van der Waals surface area (Å²) in [6, 6.07) is 10.2. The first-order chi connectivity index (χ1) is 8.88. The van der Waals surface area contributed by atoms with Gasteiger partial charge in [0.05, 0.1) is 0 Å². The molecular formula is C15H21NS2. The maximum Gasteiger partial charge on any atom is 0.0429 e. The third-order valence-electron chi connectivity index (χ3n) is 4.12. The maximum atomic E-state index is 3.93. The number of benzene rings is 1. The summed E-state index contributed by atoms with van der Waals surface area (Å²) in [7, 11) is 0. The van der Waals surface area contributed by atoms with Gasteiger partial charge in [-0.15, -0.1) is 11.8 Å². The van der Waals surface area contributed by atoms with E-state index in [4.69, 9.17) is 0 Å². The van der Waals surface area contributed by atoms with E-state index >= 15 is 0 Å². The minimum atomic E-state index is 0.573. The Morgan fingerprint density at radius 2 is 2.06 bits per heavy atom. The number of fused-ring (bicyclic) bond motifs is 1. The van der Waals surface area contributed by atoms with E-state index in [0.717, 1.165) is 5.25 Å². The molecule has 0 spiro atoms. The molecule has 98 valence electrons. The second kappa shape index (κ2) is 5.89. The van der Waals surface area contributed by atoms with Crippen molar-refractivity contribution >= 4 is 23.5 Å². The molecule has 0 radical (unpaired) electrons. The molecule has 3 unspecified atom stereocenters. The Bertz CT molecular complexity index is 407. The van der Waals surface area contributed by atoms with Crippen molar-refractivity contribution in [3.63, 3.8) is 0 Å². The lowest BCUT2D eigenvalue weighted by molar-refractivity contribution is 0.359. The van der Waals surface area contributed by atoms with E-state index in [1.54, 1.807) is 0 Å². The predicted molar refractivity (Wildman–Crippen MR) is 82.6 cm³/mol. The molecule has 1 aromatic carbocycles. The number of hydrogen-bond acceptors (Lipinski definition) is 3. The van der Waals surface area contributed by atoms with Crippen LogP contribution in [0.25, 0.3) is 0 Å². The molecule has 0 amide bonds. The average Bonchev–Trinajstić information content (AvgIpc) is 2.83. The van der Waals surface area contributed by atoms with Crippen LogP contribution in [0.3, 0.4) is 0 Å². The summed E-state index contributed by atoms with van der Waals surface area (Å²) < 4.78 is 0. The van der Waals surface area contributed by atoms with Crippen LogP contribution in [0, 0.1) is 0 Å². The van der Waals surface area contributed by atoms with Crippen molar-refractivity contribution in [3.05, 3.63) is 29.8 Å². The molecule has 2 aliphatic rings. The minimum Gasteiger partial charge on any atom is -0.305 e. The van der Waals surface area contributed by atoms with E-state index in [2.05, 4.69) is 35.8 Å². The number of nitrogens with one attached hydrogen (secondary N) is 1. The second-order valence-electron chi connectivity index (χ2n) is 5.23. The summed E-state index contributed by atoms with van der Waals surface area (Å²) in [5, 5.41) is 4.75. The maximum absolute atomic E-state index is 3.93. The first-order valence-corrected chi connectivity index (χ1v) is 9.16. The lowest BCUT2D eigenvalue weighted by Crippen LogP contribution is -2.42. The summed E-state index contributed by atoms with van der Waals surface area (Å²) in [5.74, 6) is 1.21. The summed E-state index contributed by atoms with van der Waals surface area (Å²) in [6.07, 6.45) is 7.83. The normalized spacial score (nSPS) is 31.3. The summed E-state index contributed by atoms with van der Waals surface area (Å²) in [6.45, 7) is 0. The van der Waals surface area contributed by atoms with E-state index in [1.165, 1.54) is 41.9 Å². The molecule has 3 rings (SSSR count). The van der Waals surface area contributed by atoms with Crippen LogP contribution in [0.2, 0.25) is 0 Å². The van der Waals surface area contributed by atoms with Crippen LogP contribution in [-0.4, -0.2) is 23.3 Å². The average molecular weight is 279 g/mol. The van der Waals surface area contributed by atoms with Crippen molar-refractivity contribution in [1.29, 1.82) is 0 Å². The molecule has 1 N–H and O–H groups in total. The Morgan fingerprint density at radius 1 is 1.22 bits per heavy atom. The zero-order chi connectivity index (χ0) is 12.4. The number of hydrogen-bond donors (Lipinski definition) is 1. The summed E-state index contributed by atoms with van der Waals surface area (Å²) in [5.41, 5.74) is 1.52. The zero-order valence-corrected chi connectivity index (χ0v) is 12.5. The second-order valence-corrected chi connectivity index (χ2v) is 7.37. The van der Waals surface area contributed by atoms with Gasteiger partial charge in [-0.1, -0.05) is 31.0 Å². The minimum absolute atomic E-state index is 0.573. The highest BCUT2D eigenvalue weighted by atomic mass is 32.2. The van der Waals surface area contributed by atoms with Crippen molar-refractivity contribution in [1.82, 2.24) is 5.32 Å². The van der Waals surface area contributed by atoms with Gasteiger partial charge in [0.2, 0.25) is 0 Å². The molecule has 0 bridgehead atoms. The first kappa shape index (κ1) is 12.9. The van der Waals surface area contributed by atoms with E-state index in [-0.39, 0.29) is 0 Å². The number of thioether (sulfide) groups is 2. The highest BCUT2D eigenvalue weighted by Gasteiger charge is 2.30. The van der Waals surface area contributed by atoms with Gasteiger partial charge >= 0.3 is 0 Å². The Labute approximate surface area is 119 Å². The lowest BCUT2D eigenvalue weighted by atomic mass is 9.93. The van der Waals surface area contributed by atoms with Crippen molar-refractivity contribution < 1.29 is 0 Å². The third kappa shape index (κ3) is 2.59. The van der Waals surface area contributed by atoms with Crippen LogP contribution in [0.1, 0.15) is 37.3 Å². The van der Waals surface area contributed by atoms with Crippen LogP contribution >= 0.6 is 23.5 Å². The molecule has 0 saturated heterocycles. The van der Waals surface area contributed by atoms with Crippen LogP contribution < -0.4 is 5.32 Å². The molecule has 1 heterocycles. The van der Waals surface area contributed by atoms with Gasteiger partial charge in [0.15, 0.2) is 0 Å². The standard InChI is InChI=1S/C15H21NS2/c1-17-15-9-5-3-7-12(15)16-13-10-18-14-8-4-2-6-11(13)14/h2,4,6,8,12-13,15-16H,3,5,7,9-10H2,1H3. The molecule has 1 aliphatic heterocycles. The van der Waals surface area contributed by atoms with Gasteiger partial charge < -0.3 is 5.32 Å². The highest BCUT2D eigenvalue weighted by molar-refractivity contribution is 7.99. The molecule has 1 nitrogen and oxygen atoms in total. The first-order valence-electron chi connectivity index (χ1n) is 6.89. The van der Waals surface area contributed by atoms with E-state index in [9.17, 15) is 0 Å². The molecule has 1 saturated carbocycles. The Hall–Kier alpha value is -0.120. The molecule has 3 atom stereocenters. The molecule has 0 aromatic heterocycles.